The summed E-state index contributed by atoms with van der Waals surface area (Å²) in [5, 5.41) is 9.48. The SMILES string of the molecule is Cc1ccc(Cl)c2c1C(=O)OC(C)(C(=O)O)C2. The predicted molar refractivity (Wildman–Crippen MR) is 61.3 cm³/mol. The van der Waals surface area contributed by atoms with Gasteiger partial charge in [0, 0.05) is 11.4 Å². The second-order valence-electron chi connectivity index (χ2n) is 4.32. The molecule has 0 aromatic heterocycles. The second kappa shape index (κ2) is 3.74. The molecule has 1 aromatic carbocycles. The van der Waals surface area contributed by atoms with Gasteiger partial charge in [-0.15, -0.1) is 0 Å². The van der Waals surface area contributed by atoms with Crippen molar-refractivity contribution in [3.8, 4) is 0 Å². The normalized spacial score (nSPS) is 22.9. The van der Waals surface area contributed by atoms with E-state index in [-0.39, 0.29) is 6.42 Å². The van der Waals surface area contributed by atoms with Gasteiger partial charge >= 0.3 is 11.9 Å². The molecule has 0 saturated heterocycles. The first-order valence-corrected chi connectivity index (χ1v) is 5.47. The van der Waals surface area contributed by atoms with Gasteiger partial charge in [-0.1, -0.05) is 17.7 Å². The lowest BCUT2D eigenvalue weighted by Gasteiger charge is -2.31. The number of carboxylic acid groups (broad SMARTS) is 1. The van der Waals surface area contributed by atoms with Crippen LogP contribution in [0.2, 0.25) is 5.02 Å². The highest BCUT2D eigenvalue weighted by atomic mass is 35.5. The molecule has 5 heteroatoms. The average molecular weight is 255 g/mol. The van der Waals surface area contributed by atoms with Crippen LogP contribution in [0.3, 0.4) is 0 Å². The summed E-state index contributed by atoms with van der Waals surface area (Å²) in [6.07, 6.45) is 0.0872. The number of ether oxygens (including phenoxy) is 1. The van der Waals surface area contributed by atoms with Crippen molar-refractivity contribution in [1.29, 1.82) is 0 Å². The molecule has 1 heterocycles. The lowest BCUT2D eigenvalue weighted by atomic mass is 9.88. The molecule has 1 aromatic rings. The van der Waals surface area contributed by atoms with Gasteiger partial charge in [0.1, 0.15) is 0 Å². The van der Waals surface area contributed by atoms with Crippen molar-refractivity contribution in [3.63, 3.8) is 0 Å². The first kappa shape index (κ1) is 11.9. The van der Waals surface area contributed by atoms with Crippen molar-refractivity contribution in [2.75, 3.05) is 0 Å². The topological polar surface area (TPSA) is 63.6 Å². The Hall–Kier alpha value is -1.55. The maximum absolute atomic E-state index is 11.8. The van der Waals surface area contributed by atoms with Gasteiger partial charge in [-0.3, -0.25) is 0 Å². The van der Waals surface area contributed by atoms with Crippen LogP contribution in [0.15, 0.2) is 12.1 Å². The Morgan fingerprint density at radius 3 is 2.76 bits per heavy atom. The summed E-state index contributed by atoms with van der Waals surface area (Å²) in [6, 6.07) is 3.38. The van der Waals surface area contributed by atoms with E-state index in [2.05, 4.69) is 0 Å². The molecule has 2 rings (SSSR count). The van der Waals surface area contributed by atoms with E-state index in [1.54, 1.807) is 19.1 Å². The summed E-state index contributed by atoms with van der Waals surface area (Å²) in [4.78, 5) is 22.9. The van der Waals surface area contributed by atoms with E-state index in [1.807, 2.05) is 0 Å². The molecule has 1 aliphatic rings. The van der Waals surface area contributed by atoms with E-state index in [4.69, 9.17) is 21.4 Å². The Morgan fingerprint density at radius 2 is 2.18 bits per heavy atom. The first-order chi connectivity index (χ1) is 7.85. The van der Waals surface area contributed by atoms with Crippen LogP contribution in [0.1, 0.15) is 28.4 Å². The summed E-state index contributed by atoms with van der Waals surface area (Å²) in [7, 11) is 0. The number of hydrogen-bond acceptors (Lipinski definition) is 3. The van der Waals surface area contributed by atoms with Gasteiger partial charge < -0.3 is 9.84 Å². The van der Waals surface area contributed by atoms with E-state index in [0.717, 1.165) is 5.56 Å². The molecule has 0 radical (unpaired) electrons. The number of cyclic esters (lactones) is 1. The molecule has 0 aliphatic carbocycles. The molecule has 1 atom stereocenters. The lowest BCUT2D eigenvalue weighted by Crippen LogP contribution is -2.46. The molecule has 0 bridgehead atoms. The molecule has 0 fully saturated rings. The third-order valence-electron chi connectivity index (χ3n) is 2.95. The van der Waals surface area contributed by atoms with Crippen LogP contribution in [-0.4, -0.2) is 22.6 Å². The lowest BCUT2D eigenvalue weighted by molar-refractivity contribution is -0.158. The zero-order valence-electron chi connectivity index (χ0n) is 9.41. The average Bonchev–Trinajstić information content (AvgIpc) is 2.22. The maximum atomic E-state index is 11.8. The minimum Gasteiger partial charge on any atom is -0.478 e. The van der Waals surface area contributed by atoms with Crippen LogP contribution < -0.4 is 0 Å². The third kappa shape index (κ3) is 1.78. The molecule has 0 amide bonds. The van der Waals surface area contributed by atoms with Crippen LogP contribution in [0.4, 0.5) is 0 Å². The van der Waals surface area contributed by atoms with E-state index in [0.29, 0.717) is 16.1 Å². The Kier molecular flexibility index (Phi) is 2.62. The van der Waals surface area contributed by atoms with E-state index >= 15 is 0 Å². The number of aliphatic carboxylic acids is 1. The Morgan fingerprint density at radius 1 is 1.53 bits per heavy atom. The Bertz CT molecular complexity index is 523. The van der Waals surface area contributed by atoms with Crippen LogP contribution in [0.5, 0.6) is 0 Å². The highest BCUT2D eigenvalue weighted by Gasteiger charge is 2.44. The summed E-state index contributed by atoms with van der Waals surface area (Å²) in [5.74, 6) is -1.80. The maximum Gasteiger partial charge on any atom is 0.348 e. The fourth-order valence-electron chi connectivity index (χ4n) is 1.94. The fraction of sp³-hybridized carbons (Fsp3) is 0.333. The number of benzene rings is 1. The van der Waals surface area contributed by atoms with Crippen LogP contribution in [-0.2, 0) is 16.0 Å². The molecule has 17 heavy (non-hydrogen) atoms. The van der Waals surface area contributed by atoms with Gasteiger partial charge in [-0.25, -0.2) is 9.59 Å². The molecule has 1 N–H and O–H groups in total. The molecule has 1 aliphatic heterocycles. The molecule has 4 nitrogen and oxygen atoms in total. The molecule has 90 valence electrons. The minimum absolute atomic E-state index is 0.0872. The number of fused-ring (bicyclic) bond motifs is 1. The zero-order chi connectivity index (χ0) is 12.8. The van der Waals surface area contributed by atoms with Gasteiger partial charge in [-0.05, 0) is 31.0 Å². The van der Waals surface area contributed by atoms with Crippen LogP contribution in [0, 0.1) is 6.92 Å². The molecular weight excluding hydrogens is 244 g/mol. The number of hydrogen-bond donors (Lipinski definition) is 1. The fourth-order valence-corrected chi connectivity index (χ4v) is 2.17. The van der Waals surface area contributed by atoms with E-state index < -0.39 is 17.5 Å². The number of halogens is 1. The summed E-state index contributed by atoms with van der Waals surface area (Å²) in [6.45, 7) is 3.13. The number of esters is 1. The van der Waals surface area contributed by atoms with Gasteiger partial charge in [0.2, 0.25) is 5.60 Å². The second-order valence-corrected chi connectivity index (χ2v) is 4.73. The highest BCUT2D eigenvalue weighted by Crippen LogP contribution is 2.34. The Balaban J connectivity index is 2.61. The van der Waals surface area contributed by atoms with Crippen molar-refractivity contribution in [3.05, 3.63) is 33.8 Å². The summed E-state index contributed by atoms with van der Waals surface area (Å²) < 4.78 is 5.00. The monoisotopic (exact) mass is 254 g/mol. The van der Waals surface area contributed by atoms with Gasteiger partial charge in [0.15, 0.2) is 0 Å². The third-order valence-corrected chi connectivity index (χ3v) is 3.31. The number of aryl methyl sites for hydroxylation is 1. The Labute approximate surface area is 103 Å². The number of carboxylic acids is 1. The van der Waals surface area contributed by atoms with Crippen molar-refractivity contribution in [1.82, 2.24) is 0 Å². The smallest absolute Gasteiger partial charge is 0.348 e. The molecule has 1 unspecified atom stereocenters. The zero-order valence-corrected chi connectivity index (χ0v) is 10.2. The van der Waals surface area contributed by atoms with Crippen molar-refractivity contribution in [2.45, 2.75) is 25.9 Å². The number of carbonyl (C=O) groups is 2. The largest absolute Gasteiger partial charge is 0.478 e. The molecule has 0 spiro atoms. The van der Waals surface area contributed by atoms with Crippen LogP contribution >= 0.6 is 11.6 Å². The van der Waals surface area contributed by atoms with Gasteiger partial charge in [0.25, 0.3) is 0 Å². The van der Waals surface area contributed by atoms with Crippen LogP contribution in [0.25, 0.3) is 0 Å². The molecule has 0 saturated carbocycles. The predicted octanol–water partition coefficient (Wildman–Crippen LogP) is 2.20. The number of carbonyl (C=O) groups excluding carboxylic acids is 1. The summed E-state index contributed by atoms with van der Waals surface area (Å²) >= 11 is 6.01. The van der Waals surface area contributed by atoms with Crippen molar-refractivity contribution >= 4 is 23.5 Å². The number of rotatable bonds is 1. The van der Waals surface area contributed by atoms with Gasteiger partial charge in [0.05, 0.1) is 5.56 Å². The quantitative estimate of drug-likeness (QED) is 0.781. The standard InChI is InChI=1S/C12H11ClO4/c1-6-3-4-8(13)7-5-12(2,11(15)16)17-10(14)9(6)7/h3-4H,5H2,1-2H3,(H,15,16). The first-order valence-electron chi connectivity index (χ1n) is 5.10. The molecular formula is C12H11ClO4. The van der Waals surface area contributed by atoms with Crippen molar-refractivity contribution < 1.29 is 19.4 Å². The highest BCUT2D eigenvalue weighted by molar-refractivity contribution is 6.32. The van der Waals surface area contributed by atoms with Gasteiger partial charge in [-0.2, -0.15) is 0 Å². The minimum atomic E-state index is -1.54. The van der Waals surface area contributed by atoms with E-state index in [1.165, 1.54) is 6.92 Å². The van der Waals surface area contributed by atoms with E-state index in [9.17, 15) is 9.59 Å². The van der Waals surface area contributed by atoms with Crippen molar-refractivity contribution in [2.24, 2.45) is 0 Å². The summed E-state index contributed by atoms with van der Waals surface area (Å²) in [5.41, 5.74) is 0.132.